The summed E-state index contributed by atoms with van der Waals surface area (Å²) >= 11 is 0. The molecule has 0 saturated carbocycles. The van der Waals surface area contributed by atoms with E-state index < -0.39 is 6.09 Å². The van der Waals surface area contributed by atoms with Gasteiger partial charge in [-0.2, -0.15) is 0 Å². The summed E-state index contributed by atoms with van der Waals surface area (Å²) in [5.41, 5.74) is 2.04. The van der Waals surface area contributed by atoms with Crippen LogP contribution in [0.25, 0.3) is 10.8 Å². The Labute approximate surface area is 179 Å². The van der Waals surface area contributed by atoms with E-state index in [0.29, 0.717) is 28.8 Å². The van der Waals surface area contributed by atoms with Gasteiger partial charge in [0.25, 0.3) is 5.56 Å². The lowest BCUT2D eigenvalue weighted by Gasteiger charge is -2.26. The van der Waals surface area contributed by atoms with Crippen LogP contribution in [-0.2, 0) is 13.0 Å². The van der Waals surface area contributed by atoms with Crippen LogP contribution in [0.1, 0.15) is 36.9 Å². The quantitative estimate of drug-likeness (QED) is 0.674. The molecule has 8 nitrogen and oxygen atoms in total. The van der Waals surface area contributed by atoms with E-state index in [9.17, 15) is 9.59 Å². The average molecular weight is 423 g/mol. The van der Waals surface area contributed by atoms with E-state index in [1.807, 2.05) is 18.2 Å². The molecule has 31 heavy (non-hydrogen) atoms. The smallest absolute Gasteiger partial charge is 0.414 e. The number of aromatic nitrogens is 2. The zero-order valence-electron chi connectivity index (χ0n) is 17.8. The van der Waals surface area contributed by atoms with Crippen molar-refractivity contribution in [2.75, 3.05) is 14.2 Å². The third kappa shape index (κ3) is 3.93. The van der Waals surface area contributed by atoms with Crippen molar-refractivity contribution in [3.63, 3.8) is 0 Å². The van der Waals surface area contributed by atoms with Gasteiger partial charge in [-0.1, -0.05) is 24.3 Å². The third-order valence-corrected chi connectivity index (χ3v) is 5.58. The van der Waals surface area contributed by atoms with Crippen molar-refractivity contribution in [3.8, 4) is 17.4 Å². The molecule has 0 saturated heterocycles. The summed E-state index contributed by atoms with van der Waals surface area (Å²) in [5, 5.41) is 7.91. The minimum atomic E-state index is -0.619. The molecule has 1 atom stereocenters. The van der Waals surface area contributed by atoms with E-state index in [2.05, 4.69) is 16.5 Å². The molecule has 3 aromatic rings. The van der Waals surface area contributed by atoms with Crippen LogP contribution in [0.2, 0.25) is 0 Å². The molecule has 2 aromatic carbocycles. The van der Waals surface area contributed by atoms with Crippen LogP contribution in [0.5, 0.6) is 17.4 Å². The second-order valence-corrected chi connectivity index (χ2v) is 7.36. The summed E-state index contributed by atoms with van der Waals surface area (Å²) in [7, 11) is 2.99. The standard InChI is InChI=1S/C23H25N3O5/c1-4-26-22(27)17-13-20(30-3)19(29-2)12-16(17)21(25-26)31-23(28)24-18-11-7-9-14-8-5-6-10-15(14)18/h5-6,8,10,12-13,18H,4,7,9,11H2,1-3H3,(H,24,28). The van der Waals surface area contributed by atoms with Crippen molar-refractivity contribution in [2.24, 2.45) is 0 Å². The third-order valence-electron chi connectivity index (χ3n) is 5.58. The van der Waals surface area contributed by atoms with Crippen LogP contribution < -0.4 is 25.1 Å². The molecule has 1 unspecified atom stereocenters. The average Bonchev–Trinajstić information content (AvgIpc) is 2.80. The largest absolute Gasteiger partial charge is 0.493 e. The summed E-state index contributed by atoms with van der Waals surface area (Å²) in [6.45, 7) is 2.13. The predicted molar refractivity (Wildman–Crippen MR) is 116 cm³/mol. The number of benzene rings is 2. The van der Waals surface area contributed by atoms with Crippen LogP contribution in [0, 0.1) is 0 Å². The molecule has 0 radical (unpaired) electrons. The molecule has 1 aromatic heterocycles. The SMILES string of the molecule is CCn1nc(OC(=O)NC2CCCc3ccccc32)c2cc(OC)c(OC)cc2c1=O. The number of nitrogens with zero attached hydrogens (tertiary/aromatic N) is 2. The summed E-state index contributed by atoms with van der Waals surface area (Å²) in [6, 6.07) is 11.1. The number of carbonyl (C=O) groups is 1. The van der Waals surface area contributed by atoms with Crippen LogP contribution in [0.3, 0.4) is 0 Å². The number of hydrogen-bond acceptors (Lipinski definition) is 6. The lowest BCUT2D eigenvalue weighted by Crippen LogP contribution is -2.34. The van der Waals surface area contributed by atoms with Crippen LogP contribution in [-0.4, -0.2) is 30.1 Å². The molecule has 1 aliphatic carbocycles. The summed E-state index contributed by atoms with van der Waals surface area (Å²) < 4.78 is 17.5. The molecular weight excluding hydrogens is 398 g/mol. The zero-order valence-corrected chi connectivity index (χ0v) is 17.8. The molecule has 8 heteroatoms. The topological polar surface area (TPSA) is 91.7 Å². The zero-order chi connectivity index (χ0) is 22.0. The maximum absolute atomic E-state index is 12.8. The first-order valence-electron chi connectivity index (χ1n) is 10.3. The highest BCUT2D eigenvalue weighted by Gasteiger charge is 2.24. The summed E-state index contributed by atoms with van der Waals surface area (Å²) in [4.78, 5) is 25.5. The molecule has 4 rings (SSSR count). The Morgan fingerprint density at radius 3 is 2.58 bits per heavy atom. The van der Waals surface area contributed by atoms with Gasteiger partial charge in [0.2, 0.25) is 5.88 Å². The van der Waals surface area contributed by atoms with E-state index in [0.717, 1.165) is 24.8 Å². The van der Waals surface area contributed by atoms with Crippen LogP contribution in [0.15, 0.2) is 41.2 Å². The first-order valence-corrected chi connectivity index (χ1v) is 10.3. The Bertz CT molecular complexity index is 1190. The minimum Gasteiger partial charge on any atom is -0.493 e. The van der Waals surface area contributed by atoms with E-state index >= 15 is 0 Å². The highest BCUT2D eigenvalue weighted by Crippen LogP contribution is 2.34. The Morgan fingerprint density at radius 2 is 1.87 bits per heavy atom. The van der Waals surface area contributed by atoms with Gasteiger partial charge in [0.05, 0.1) is 31.0 Å². The second kappa shape index (κ2) is 8.67. The van der Waals surface area contributed by atoms with E-state index in [4.69, 9.17) is 14.2 Å². The molecular formula is C23H25N3O5. The Balaban J connectivity index is 1.68. The van der Waals surface area contributed by atoms with E-state index in [1.54, 1.807) is 19.1 Å². The monoisotopic (exact) mass is 423 g/mol. The van der Waals surface area contributed by atoms with Crippen molar-refractivity contribution < 1.29 is 19.0 Å². The summed E-state index contributed by atoms with van der Waals surface area (Å²) in [6.07, 6.45) is 2.20. The summed E-state index contributed by atoms with van der Waals surface area (Å²) in [5.74, 6) is 0.867. The van der Waals surface area contributed by atoms with Crippen molar-refractivity contribution in [2.45, 2.75) is 38.8 Å². The van der Waals surface area contributed by atoms with Gasteiger partial charge >= 0.3 is 6.09 Å². The highest BCUT2D eigenvalue weighted by molar-refractivity contribution is 5.90. The first kappa shape index (κ1) is 20.7. The first-order chi connectivity index (χ1) is 15.0. The van der Waals surface area contributed by atoms with Gasteiger partial charge in [-0.05, 0) is 49.4 Å². The van der Waals surface area contributed by atoms with Crippen molar-refractivity contribution in [1.29, 1.82) is 0 Å². The number of methoxy groups -OCH3 is 2. The number of fused-ring (bicyclic) bond motifs is 2. The fraction of sp³-hybridized carbons (Fsp3) is 0.348. The van der Waals surface area contributed by atoms with Crippen molar-refractivity contribution in [3.05, 3.63) is 57.9 Å². The maximum atomic E-state index is 12.8. The lowest BCUT2D eigenvalue weighted by molar-refractivity contribution is 0.192. The normalized spacial score (nSPS) is 15.3. The Hall–Kier alpha value is -3.55. The number of carbonyl (C=O) groups excluding carboxylic acids is 1. The second-order valence-electron chi connectivity index (χ2n) is 7.36. The molecule has 1 amide bonds. The van der Waals surface area contributed by atoms with Gasteiger partial charge in [0, 0.05) is 6.54 Å². The van der Waals surface area contributed by atoms with E-state index in [1.165, 1.54) is 24.5 Å². The Morgan fingerprint density at radius 1 is 1.16 bits per heavy atom. The van der Waals surface area contributed by atoms with Gasteiger partial charge < -0.3 is 19.5 Å². The molecule has 0 bridgehead atoms. The lowest BCUT2D eigenvalue weighted by atomic mass is 9.88. The molecule has 1 aliphatic rings. The molecule has 0 aliphatic heterocycles. The van der Waals surface area contributed by atoms with Gasteiger partial charge in [0.1, 0.15) is 0 Å². The fourth-order valence-electron chi connectivity index (χ4n) is 4.03. The van der Waals surface area contributed by atoms with Crippen molar-refractivity contribution >= 4 is 16.9 Å². The number of aryl methyl sites for hydroxylation is 2. The van der Waals surface area contributed by atoms with Crippen LogP contribution >= 0.6 is 0 Å². The number of rotatable bonds is 5. The van der Waals surface area contributed by atoms with Gasteiger partial charge in [-0.15, -0.1) is 5.10 Å². The maximum Gasteiger partial charge on any atom is 0.414 e. The molecule has 1 heterocycles. The molecule has 162 valence electrons. The highest BCUT2D eigenvalue weighted by atomic mass is 16.6. The number of amides is 1. The minimum absolute atomic E-state index is 0.0407. The number of nitrogens with one attached hydrogen (secondary N) is 1. The van der Waals surface area contributed by atoms with Crippen LogP contribution in [0.4, 0.5) is 4.79 Å². The molecule has 1 N–H and O–H groups in total. The number of hydrogen-bond donors (Lipinski definition) is 1. The van der Waals surface area contributed by atoms with Gasteiger partial charge in [0.15, 0.2) is 11.5 Å². The molecule has 0 fully saturated rings. The molecule has 0 spiro atoms. The fourth-order valence-corrected chi connectivity index (χ4v) is 4.03. The predicted octanol–water partition coefficient (Wildman–Crippen LogP) is 3.60. The Kier molecular flexibility index (Phi) is 5.79. The van der Waals surface area contributed by atoms with E-state index in [-0.39, 0.29) is 17.5 Å². The van der Waals surface area contributed by atoms with Crippen molar-refractivity contribution in [1.82, 2.24) is 15.1 Å². The van der Waals surface area contributed by atoms with Gasteiger partial charge in [-0.25, -0.2) is 9.48 Å². The van der Waals surface area contributed by atoms with Gasteiger partial charge in [-0.3, -0.25) is 4.79 Å². The number of ether oxygens (including phenoxy) is 3.